The molecule has 0 amide bonds. The van der Waals surface area contributed by atoms with Crippen molar-refractivity contribution < 1.29 is 13.5 Å². The van der Waals surface area contributed by atoms with Gasteiger partial charge in [0, 0.05) is 19.8 Å². The van der Waals surface area contributed by atoms with Crippen LogP contribution in [-0.2, 0) is 10.0 Å². The minimum Gasteiger partial charge on any atom is -0.389 e. The average molecular weight is 295 g/mol. The SMILES string of the molecule is CN(CC1(O)CCCC1)S(=O)(=O)c1cccnc1C#N. The highest BCUT2D eigenvalue weighted by Gasteiger charge is 2.36. The molecule has 0 saturated heterocycles. The fourth-order valence-electron chi connectivity index (χ4n) is 2.54. The third-order valence-electron chi connectivity index (χ3n) is 3.62. The number of aromatic nitrogens is 1. The highest BCUT2D eigenvalue weighted by molar-refractivity contribution is 7.89. The molecule has 2 rings (SSSR count). The lowest BCUT2D eigenvalue weighted by molar-refractivity contribution is 0.0333. The van der Waals surface area contributed by atoms with Gasteiger partial charge in [-0.25, -0.2) is 13.4 Å². The first-order chi connectivity index (χ1) is 9.39. The standard InChI is InChI=1S/C13H17N3O3S/c1-16(10-13(17)6-2-3-7-13)20(18,19)12-5-4-8-15-11(12)9-14/h4-5,8,17H,2-3,6-7,10H2,1H3. The molecular weight excluding hydrogens is 278 g/mol. The number of rotatable bonds is 4. The first-order valence-electron chi connectivity index (χ1n) is 6.43. The zero-order valence-corrected chi connectivity index (χ0v) is 12.1. The number of aliphatic hydroxyl groups is 1. The summed E-state index contributed by atoms with van der Waals surface area (Å²) in [7, 11) is -2.40. The van der Waals surface area contributed by atoms with Gasteiger partial charge in [0.05, 0.1) is 5.60 Å². The maximum atomic E-state index is 12.5. The van der Waals surface area contributed by atoms with Crippen LogP contribution in [0.15, 0.2) is 23.2 Å². The minimum atomic E-state index is -3.82. The lowest BCUT2D eigenvalue weighted by Gasteiger charge is -2.28. The number of likely N-dealkylation sites (N-methyl/N-ethyl adjacent to an activating group) is 1. The quantitative estimate of drug-likeness (QED) is 0.889. The predicted octanol–water partition coefficient (Wildman–Crippen LogP) is 0.879. The van der Waals surface area contributed by atoms with Crippen LogP contribution in [0.4, 0.5) is 0 Å². The molecule has 20 heavy (non-hydrogen) atoms. The van der Waals surface area contributed by atoms with Gasteiger partial charge in [-0.15, -0.1) is 0 Å². The van der Waals surface area contributed by atoms with Gasteiger partial charge in [-0.1, -0.05) is 12.8 Å². The summed E-state index contributed by atoms with van der Waals surface area (Å²) in [6, 6.07) is 4.62. The Morgan fingerprint density at radius 3 is 2.75 bits per heavy atom. The lowest BCUT2D eigenvalue weighted by atomic mass is 10.0. The van der Waals surface area contributed by atoms with E-state index in [4.69, 9.17) is 5.26 Å². The Labute approximate surface area is 118 Å². The van der Waals surface area contributed by atoms with Gasteiger partial charge in [-0.05, 0) is 25.0 Å². The zero-order chi connectivity index (χ0) is 14.8. The van der Waals surface area contributed by atoms with E-state index in [0.717, 1.165) is 17.1 Å². The highest BCUT2D eigenvalue weighted by Crippen LogP contribution is 2.31. The molecular formula is C13H17N3O3S. The van der Waals surface area contributed by atoms with E-state index in [1.165, 1.54) is 25.4 Å². The van der Waals surface area contributed by atoms with E-state index in [0.29, 0.717) is 12.8 Å². The van der Waals surface area contributed by atoms with Crippen molar-refractivity contribution in [3.63, 3.8) is 0 Å². The van der Waals surface area contributed by atoms with Crippen LogP contribution in [0.1, 0.15) is 31.4 Å². The molecule has 1 aliphatic rings. The van der Waals surface area contributed by atoms with Crippen molar-refractivity contribution in [1.82, 2.24) is 9.29 Å². The number of nitrogens with zero attached hydrogens (tertiary/aromatic N) is 3. The largest absolute Gasteiger partial charge is 0.389 e. The summed E-state index contributed by atoms with van der Waals surface area (Å²) in [6.07, 6.45) is 4.39. The Kier molecular flexibility index (Phi) is 4.09. The van der Waals surface area contributed by atoms with Crippen LogP contribution in [0.3, 0.4) is 0 Å². The molecule has 7 heteroatoms. The van der Waals surface area contributed by atoms with Crippen LogP contribution >= 0.6 is 0 Å². The fourth-order valence-corrected chi connectivity index (χ4v) is 3.88. The molecule has 1 aliphatic carbocycles. The third-order valence-corrected chi connectivity index (χ3v) is 5.45. The molecule has 1 heterocycles. The topological polar surface area (TPSA) is 94.3 Å². The van der Waals surface area contributed by atoms with Gasteiger partial charge in [0.15, 0.2) is 5.69 Å². The molecule has 0 aromatic carbocycles. The first kappa shape index (κ1) is 14.9. The van der Waals surface area contributed by atoms with Crippen molar-refractivity contribution in [3.05, 3.63) is 24.0 Å². The van der Waals surface area contributed by atoms with E-state index in [1.54, 1.807) is 6.07 Å². The second-order valence-electron chi connectivity index (χ2n) is 5.15. The van der Waals surface area contributed by atoms with Crippen LogP contribution in [0.5, 0.6) is 0 Å². The second-order valence-corrected chi connectivity index (χ2v) is 7.17. The van der Waals surface area contributed by atoms with Crippen molar-refractivity contribution in [2.45, 2.75) is 36.2 Å². The van der Waals surface area contributed by atoms with Crippen LogP contribution < -0.4 is 0 Å². The van der Waals surface area contributed by atoms with Crippen LogP contribution in [0, 0.1) is 11.3 Å². The predicted molar refractivity (Wildman–Crippen MR) is 72.2 cm³/mol. The van der Waals surface area contributed by atoms with Gasteiger partial charge >= 0.3 is 0 Å². The molecule has 0 radical (unpaired) electrons. The fraction of sp³-hybridized carbons (Fsp3) is 0.538. The van der Waals surface area contributed by atoms with Crippen molar-refractivity contribution in [2.24, 2.45) is 0 Å². The molecule has 0 aliphatic heterocycles. The lowest BCUT2D eigenvalue weighted by Crippen LogP contribution is -2.42. The molecule has 1 N–H and O–H groups in total. The van der Waals surface area contributed by atoms with E-state index < -0.39 is 15.6 Å². The van der Waals surface area contributed by atoms with E-state index in [2.05, 4.69) is 4.98 Å². The summed E-state index contributed by atoms with van der Waals surface area (Å²) in [5.41, 5.74) is -1.09. The van der Waals surface area contributed by atoms with Gasteiger partial charge in [-0.3, -0.25) is 0 Å². The van der Waals surface area contributed by atoms with Gasteiger partial charge < -0.3 is 5.11 Å². The summed E-state index contributed by atoms with van der Waals surface area (Å²) < 4.78 is 26.0. The molecule has 1 saturated carbocycles. The number of pyridine rings is 1. The molecule has 108 valence electrons. The number of sulfonamides is 1. The highest BCUT2D eigenvalue weighted by atomic mass is 32.2. The van der Waals surface area contributed by atoms with Crippen molar-refractivity contribution in [2.75, 3.05) is 13.6 Å². The van der Waals surface area contributed by atoms with E-state index in [9.17, 15) is 13.5 Å². The molecule has 0 unspecified atom stereocenters. The smallest absolute Gasteiger partial charge is 0.245 e. The third kappa shape index (κ3) is 2.82. The summed E-state index contributed by atoms with van der Waals surface area (Å²) in [4.78, 5) is 3.65. The van der Waals surface area contributed by atoms with Gasteiger partial charge in [-0.2, -0.15) is 9.57 Å². The normalized spacial score (nSPS) is 18.1. The second kappa shape index (κ2) is 5.48. The van der Waals surface area contributed by atoms with Crippen LogP contribution in [0.25, 0.3) is 0 Å². The zero-order valence-electron chi connectivity index (χ0n) is 11.3. The van der Waals surface area contributed by atoms with Crippen LogP contribution in [-0.4, -0.2) is 42.0 Å². The summed E-state index contributed by atoms with van der Waals surface area (Å²) in [5, 5.41) is 19.3. The Morgan fingerprint density at radius 2 is 2.15 bits per heavy atom. The minimum absolute atomic E-state index is 0.0368. The maximum Gasteiger partial charge on any atom is 0.245 e. The number of hydrogen-bond donors (Lipinski definition) is 1. The van der Waals surface area contributed by atoms with Crippen molar-refractivity contribution in [1.29, 1.82) is 5.26 Å². The molecule has 1 fully saturated rings. The molecule has 1 aromatic rings. The monoisotopic (exact) mass is 295 g/mol. The first-order valence-corrected chi connectivity index (χ1v) is 7.87. The molecule has 1 aromatic heterocycles. The Bertz CT molecular complexity index is 631. The summed E-state index contributed by atoms with van der Waals surface area (Å²) in [6.45, 7) is 0.0368. The molecule has 0 atom stereocenters. The van der Waals surface area contributed by atoms with Gasteiger partial charge in [0.25, 0.3) is 0 Å². The van der Waals surface area contributed by atoms with Crippen molar-refractivity contribution >= 4 is 10.0 Å². The summed E-state index contributed by atoms with van der Waals surface area (Å²) >= 11 is 0. The average Bonchev–Trinajstić information content (AvgIpc) is 2.85. The Hall–Kier alpha value is -1.49. The van der Waals surface area contributed by atoms with Crippen molar-refractivity contribution in [3.8, 4) is 6.07 Å². The summed E-state index contributed by atoms with van der Waals surface area (Å²) in [5.74, 6) is 0. The maximum absolute atomic E-state index is 12.5. The van der Waals surface area contributed by atoms with Crippen LogP contribution in [0.2, 0.25) is 0 Å². The number of nitriles is 1. The number of hydrogen-bond acceptors (Lipinski definition) is 5. The van der Waals surface area contributed by atoms with Gasteiger partial charge in [0.1, 0.15) is 11.0 Å². The van der Waals surface area contributed by atoms with E-state index >= 15 is 0 Å². The Morgan fingerprint density at radius 1 is 1.50 bits per heavy atom. The van der Waals surface area contributed by atoms with E-state index in [1.807, 2.05) is 0 Å². The molecule has 0 spiro atoms. The van der Waals surface area contributed by atoms with Gasteiger partial charge in [0.2, 0.25) is 10.0 Å². The molecule has 0 bridgehead atoms. The molecule has 6 nitrogen and oxygen atoms in total. The Balaban J connectivity index is 2.28. The van der Waals surface area contributed by atoms with E-state index in [-0.39, 0.29) is 17.1 Å².